The number of alkyl halides is 3. The zero-order valence-corrected chi connectivity index (χ0v) is 21.0. The zero-order valence-electron chi connectivity index (χ0n) is 19.4. The third-order valence-electron chi connectivity index (χ3n) is 5.04. The van der Waals surface area contributed by atoms with Gasteiger partial charge in [0.15, 0.2) is 15.9 Å². The van der Waals surface area contributed by atoms with Crippen LogP contribution in [0.4, 0.5) is 13.2 Å². The number of halogens is 4. The monoisotopic (exact) mass is 586 g/mol. The van der Waals surface area contributed by atoms with E-state index >= 15 is 0 Å². The first-order valence-corrected chi connectivity index (χ1v) is 11.8. The van der Waals surface area contributed by atoms with E-state index in [2.05, 4.69) is 53.3 Å². The molecule has 0 radical (unpaired) electrons. The standard InChI is InChI=1S/C19H21BrN8O2.C2HF3O2/c1-2-3-6-11-27-15-14(23-18(20)24-15)17(30)28-13(25-26-19(27)28)8-10-22-16(29)12-7-4-5-9-21-12;3-2(4,5)1(6)7/h4-5,7,9H,2-3,6,8,10-11H2,1H3,(H,22,29)(H,23,24);(H,6,7). The predicted octanol–water partition coefficient (Wildman–Crippen LogP) is 2.72. The molecule has 198 valence electrons. The summed E-state index contributed by atoms with van der Waals surface area (Å²) < 4.78 is 35.6. The SMILES string of the molecule is CCCCCn1c2nc(Br)[nH]c2c(=O)n2c(CCNC(=O)c3ccccn3)nnc12.O=C(O)C(F)(F)F. The molecule has 0 aliphatic heterocycles. The van der Waals surface area contributed by atoms with Crippen molar-refractivity contribution < 1.29 is 27.9 Å². The number of aryl methyl sites for hydroxylation is 1. The Kier molecular flexibility index (Phi) is 8.96. The molecule has 0 aliphatic rings. The molecule has 0 aromatic carbocycles. The minimum Gasteiger partial charge on any atom is -0.475 e. The van der Waals surface area contributed by atoms with Crippen LogP contribution in [0.2, 0.25) is 0 Å². The van der Waals surface area contributed by atoms with Gasteiger partial charge in [-0.3, -0.25) is 19.1 Å². The van der Waals surface area contributed by atoms with Gasteiger partial charge < -0.3 is 15.4 Å². The third kappa shape index (κ3) is 6.69. The smallest absolute Gasteiger partial charge is 0.475 e. The van der Waals surface area contributed by atoms with E-state index in [9.17, 15) is 22.8 Å². The van der Waals surface area contributed by atoms with E-state index in [1.54, 1.807) is 24.4 Å². The van der Waals surface area contributed by atoms with Crippen LogP contribution in [-0.2, 0) is 17.8 Å². The summed E-state index contributed by atoms with van der Waals surface area (Å²) in [5.74, 6) is -2.10. The molecule has 12 nitrogen and oxygen atoms in total. The minimum absolute atomic E-state index is 0.263. The number of pyridine rings is 1. The maximum absolute atomic E-state index is 13.1. The molecule has 4 rings (SSSR count). The van der Waals surface area contributed by atoms with Gasteiger partial charge in [0.1, 0.15) is 11.5 Å². The third-order valence-corrected chi connectivity index (χ3v) is 5.42. The lowest BCUT2D eigenvalue weighted by molar-refractivity contribution is -0.192. The summed E-state index contributed by atoms with van der Waals surface area (Å²) in [6.45, 7) is 3.12. The van der Waals surface area contributed by atoms with Gasteiger partial charge in [-0.05, 0) is 34.5 Å². The second-order valence-corrected chi connectivity index (χ2v) is 8.42. The van der Waals surface area contributed by atoms with Crippen LogP contribution in [-0.4, -0.2) is 63.8 Å². The summed E-state index contributed by atoms with van der Waals surface area (Å²) in [6.07, 6.45) is -0.0822. The number of carbonyl (C=O) groups excluding carboxylic acids is 1. The number of imidazole rings is 1. The molecule has 0 saturated heterocycles. The van der Waals surface area contributed by atoms with Crippen molar-refractivity contribution in [2.75, 3.05) is 6.54 Å². The molecule has 0 spiro atoms. The summed E-state index contributed by atoms with van der Waals surface area (Å²) in [5.41, 5.74) is 1.02. The first kappa shape index (κ1) is 27.8. The van der Waals surface area contributed by atoms with Gasteiger partial charge in [0.2, 0.25) is 5.78 Å². The van der Waals surface area contributed by atoms with Crippen LogP contribution >= 0.6 is 15.9 Å². The van der Waals surface area contributed by atoms with Crippen LogP contribution in [0, 0.1) is 0 Å². The number of fused-ring (bicyclic) bond motifs is 2. The van der Waals surface area contributed by atoms with Gasteiger partial charge in [-0.25, -0.2) is 14.2 Å². The lowest BCUT2D eigenvalue weighted by Crippen LogP contribution is -2.28. The summed E-state index contributed by atoms with van der Waals surface area (Å²) in [7, 11) is 0. The van der Waals surface area contributed by atoms with Gasteiger partial charge >= 0.3 is 12.1 Å². The molecule has 3 N–H and O–H groups in total. The van der Waals surface area contributed by atoms with E-state index in [1.807, 2.05) is 4.57 Å². The number of H-pyrrole nitrogens is 1. The minimum atomic E-state index is -5.08. The molecular formula is C21H22BrF3N8O4. The molecule has 4 aromatic heterocycles. The second kappa shape index (κ2) is 11.9. The van der Waals surface area contributed by atoms with Crippen LogP contribution in [0.3, 0.4) is 0 Å². The first-order chi connectivity index (χ1) is 17.5. The molecule has 0 unspecified atom stereocenters. The predicted molar refractivity (Wildman–Crippen MR) is 128 cm³/mol. The number of aromatic nitrogens is 7. The van der Waals surface area contributed by atoms with E-state index in [0.717, 1.165) is 19.3 Å². The molecule has 0 aliphatic carbocycles. The van der Waals surface area contributed by atoms with Crippen LogP contribution in [0.5, 0.6) is 0 Å². The van der Waals surface area contributed by atoms with Crippen molar-refractivity contribution in [3.05, 3.63) is 51.0 Å². The summed E-state index contributed by atoms with van der Waals surface area (Å²) in [5, 5.41) is 18.4. The lowest BCUT2D eigenvalue weighted by atomic mass is 10.2. The highest BCUT2D eigenvalue weighted by Gasteiger charge is 2.38. The Balaban J connectivity index is 0.000000479. The van der Waals surface area contributed by atoms with Crippen molar-refractivity contribution in [3.8, 4) is 0 Å². The second-order valence-electron chi connectivity index (χ2n) is 7.67. The van der Waals surface area contributed by atoms with Crippen LogP contribution in [0.15, 0.2) is 33.9 Å². The van der Waals surface area contributed by atoms with Crippen molar-refractivity contribution >= 4 is 44.7 Å². The lowest BCUT2D eigenvalue weighted by Gasteiger charge is -2.09. The molecule has 37 heavy (non-hydrogen) atoms. The zero-order chi connectivity index (χ0) is 27.2. The average molecular weight is 587 g/mol. The molecule has 1 amide bonds. The van der Waals surface area contributed by atoms with Crippen LogP contribution in [0.1, 0.15) is 42.5 Å². The Morgan fingerprint density at radius 2 is 1.95 bits per heavy atom. The fraction of sp³-hybridized carbons (Fsp3) is 0.381. The highest BCUT2D eigenvalue weighted by molar-refractivity contribution is 9.10. The molecule has 4 aromatic rings. The Labute approximate surface area is 215 Å². The highest BCUT2D eigenvalue weighted by atomic mass is 79.9. The molecule has 0 fully saturated rings. The van der Waals surface area contributed by atoms with Crippen LogP contribution < -0.4 is 10.9 Å². The van der Waals surface area contributed by atoms with Crippen LogP contribution in [0.25, 0.3) is 16.9 Å². The summed E-state index contributed by atoms with van der Waals surface area (Å²) in [4.78, 5) is 45.6. The van der Waals surface area contributed by atoms with Gasteiger partial charge in [-0.2, -0.15) is 13.2 Å². The first-order valence-electron chi connectivity index (χ1n) is 11.1. The number of aromatic amines is 1. The van der Waals surface area contributed by atoms with E-state index in [1.165, 1.54) is 4.40 Å². The average Bonchev–Trinajstić information content (AvgIpc) is 3.45. The molecular weight excluding hydrogens is 565 g/mol. The van der Waals surface area contributed by atoms with E-state index in [4.69, 9.17) is 9.90 Å². The number of carboxylic acid groups (broad SMARTS) is 1. The van der Waals surface area contributed by atoms with Crippen molar-refractivity contribution in [2.45, 2.75) is 45.3 Å². The van der Waals surface area contributed by atoms with Crippen molar-refractivity contribution in [1.82, 2.24) is 39.4 Å². The fourth-order valence-corrected chi connectivity index (χ4v) is 3.71. The maximum atomic E-state index is 13.1. The number of rotatable bonds is 8. The van der Waals surface area contributed by atoms with Gasteiger partial charge in [-0.15, -0.1) is 10.2 Å². The number of hydrogen-bond donors (Lipinski definition) is 3. The Morgan fingerprint density at radius 3 is 2.57 bits per heavy atom. The summed E-state index contributed by atoms with van der Waals surface area (Å²) >= 11 is 3.32. The topological polar surface area (TPSA) is 160 Å². The number of nitrogens with zero attached hydrogens (tertiary/aromatic N) is 6. The van der Waals surface area contributed by atoms with Gasteiger partial charge in [0.05, 0.1) is 0 Å². The van der Waals surface area contributed by atoms with E-state index in [0.29, 0.717) is 52.7 Å². The Hall–Kier alpha value is -3.82. The molecule has 0 atom stereocenters. The number of nitrogens with one attached hydrogen (secondary N) is 2. The van der Waals surface area contributed by atoms with Crippen molar-refractivity contribution in [1.29, 1.82) is 0 Å². The fourth-order valence-electron chi connectivity index (χ4n) is 3.34. The number of unbranched alkanes of at least 4 members (excludes halogenated alkanes) is 2. The van der Waals surface area contributed by atoms with Gasteiger partial charge in [0, 0.05) is 25.7 Å². The Morgan fingerprint density at radius 1 is 1.22 bits per heavy atom. The molecule has 0 saturated carbocycles. The molecule has 0 bridgehead atoms. The van der Waals surface area contributed by atoms with Crippen molar-refractivity contribution in [2.24, 2.45) is 0 Å². The highest BCUT2D eigenvalue weighted by Crippen LogP contribution is 2.16. The van der Waals surface area contributed by atoms with E-state index < -0.39 is 12.1 Å². The van der Waals surface area contributed by atoms with E-state index in [-0.39, 0.29) is 11.5 Å². The largest absolute Gasteiger partial charge is 0.490 e. The quantitative estimate of drug-likeness (QED) is 0.210. The number of amides is 1. The normalized spacial score (nSPS) is 11.4. The number of carboxylic acids is 1. The maximum Gasteiger partial charge on any atom is 0.490 e. The number of aliphatic carboxylic acids is 1. The number of hydrogen-bond acceptors (Lipinski definition) is 7. The number of carbonyl (C=O) groups is 2. The van der Waals surface area contributed by atoms with Gasteiger partial charge in [-0.1, -0.05) is 25.8 Å². The van der Waals surface area contributed by atoms with Crippen molar-refractivity contribution in [3.63, 3.8) is 0 Å². The Bertz CT molecular complexity index is 1450. The molecule has 16 heteroatoms. The van der Waals surface area contributed by atoms with Gasteiger partial charge in [0.25, 0.3) is 11.5 Å². The summed E-state index contributed by atoms with van der Waals surface area (Å²) in [6, 6.07) is 5.14. The molecule has 4 heterocycles.